The molecule has 1 amide bonds. The molecule has 0 aromatic carbocycles. The zero-order valence-electron chi connectivity index (χ0n) is 10.8. The Bertz CT molecular complexity index is 399. The van der Waals surface area contributed by atoms with Crippen LogP contribution in [0, 0.1) is 11.8 Å². The van der Waals surface area contributed by atoms with Crippen LogP contribution in [0.3, 0.4) is 0 Å². The average Bonchev–Trinajstić information content (AvgIpc) is 2.97. The summed E-state index contributed by atoms with van der Waals surface area (Å²) in [5.74, 6) is -0.0444. The lowest BCUT2D eigenvalue weighted by atomic mass is 10.0. The van der Waals surface area contributed by atoms with Crippen molar-refractivity contribution >= 4 is 23.6 Å². The first kappa shape index (κ1) is 13.2. The number of hydrogen-bond donors (Lipinski definition) is 2. The van der Waals surface area contributed by atoms with E-state index in [1.165, 1.54) is 0 Å². The van der Waals surface area contributed by atoms with Crippen molar-refractivity contribution in [2.75, 3.05) is 5.75 Å². The third kappa shape index (κ3) is 2.36. The van der Waals surface area contributed by atoms with Crippen molar-refractivity contribution in [3.05, 3.63) is 0 Å². The molecule has 0 spiro atoms. The van der Waals surface area contributed by atoms with Gasteiger partial charge in [-0.1, -0.05) is 6.42 Å². The molecular formula is C13H20N2O3S. The third-order valence-electron chi connectivity index (χ3n) is 4.49. The molecule has 0 bridgehead atoms. The van der Waals surface area contributed by atoms with E-state index in [9.17, 15) is 14.7 Å². The number of carbonyl (C=O) groups is 2. The highest BCUT2D eigenvalue weighted by Gasteiger charge is 2.50. The van der Waals surface area contributed by atoms with Crippen LogP contribution >= 0.6 is 11.8 Å². The predicted octanol–water partition coefficient (Wildman–Crippen LogP) is 0.879. The number of carbonyl (C=O) groups excluding carboxylic acids is 1. The summed E-state index contributed by atoms with van der Waals surface area (Å²) < 4.78 is 0. The Kier molecular flexibility index (Phi) is 3.47. The molecule has 6 heteroatoms. The largest absolute Gasteiger partial charge is 0.480 e. The molecule has 19 heavy (non-hydrogen) atoms. The van der Waals surface area contributed by atoms with Gasteiger partial charge in [0, 0.05) is 11.8 Å². The van der Waals surface area contributed by atoms with Gasteiger partial charge in [-0.3, -0.25) is 4.79 Å². The Hall–Kier alpha value is -0.750. The smallest absolute Gasteiger partial charge is 0.327 e. The molecule has 3 N–H and O–H groups in total. The highest BCUT2D eigenvalue weighted by atomic mass is 32.2. The molecule has 1 aliphatic heterocycles. The molecule has 2 saturated carbocycles. The van der Waals surface area contributed by atoms with Gasteiger partial charge in [-0.25, -0.2) is 4.79 Å². The number of hydrogen-bond acceptors (Lipinski definition) is 4. The summed E-state index contributed by atoms with van der Waals surface area (Å²) in [5, 5.41) is 9.39. The van der Waals surface area contributed by atoms with E-state index >= 15 is 0 Å². The van der Waals surface area contributed by atoms with E-state index in [0.717, 1.165) is 32.1 Å². The van der Waals surface area contributed by atoms with Crippen molar-refractivity contribution in [2.24, 2.45) is 17.6 Å². The monoisotopic (exact) mass is 284 g/mol. The topological polar surface area (TPSA) is 83.6 Å². The molecular weight excluding hydrogens is 264 g/mol. The van der Waals surface area contributed by atoms with E-state index < -0.39 is 12.0 Å². The van der Waals surface area contributed by atoms with Crippen molar-refractivity contribution in [3.63, 3.8) is 0 Å². The van der Waals surface area contributed by atoms with E-state index in [1.807, 2.05) is 0 Å². The Morgan fingerprint density at radius 1 is 1.21 bits per heavy atom. The molecule has 4 unspecified atom stereocenters. The number of nitrogens with two attached hydrogens (primary N) is 1. The van der Waals surface area contributed by atoms with Crippen molar-refractivity contribution in [1.29, 1.82) is 0 Å². The summed E-state index contributed by atoms with van der Waals surface area (Å²) in [5.41, 5.74) is 6.00. The van der Waals surface area contributed by atoms with E-state index in [-0.39, 0.29) is 23.2 Å². The lowest BCUT2D eigenvalue weighted by Crippen LogP contribution is -2.50. The molecule has 0 aromatic heterocycles. The van der Waals surface area contributed by atoms with Gasteiger partial charge in [0.15, 0.2) is 0 Å². The summed E-state index contributed by atoms with van der Waals surface area (Å²) in [7, 11) is 0. The summed E-state index contributed by atoms with van der Waals surface area (Å²) in [6.07, 6.45) is 4.90. The fourth-order valence-electron chi connectivity index (χ4n) is 3.23. The lowest BCUT2D eigenvalue weighted by Gasteiger charge is -2.31. The maximum Gasteiger partial charge on any atom is 0.327 e. The van der Waals surface area contributed by atoms with Crippen molar-refractivity contribution < 1.29 is 14.7 Å². The zero-order valence-corrected chi connectivity index (χ0v) is 11.6. The first-order chi connectivity index (χ1) is 9.09. The fraction of sp³-hybridized carbons (Fsp3) is 0.846. The molecule has 0 aromatic rings. The first-order valence-electron chi connectivity index (χ1n) is 7.01. The van der Waals surface area contributed by atoms with Crippen LogP contribution in [0.15, 0.2) is 0 Å². The number of carboxylic acid groups (broad SMARTS) is 1. The molecule has 4 atom stereocenters. The average molecular weight is 284 g/mol. The highest BCUT2D eigenvalue weighted by molar-refractivity contribution is 8.00. The van der Waals surface area contributed by atoms with Gasteiger partial charge in [-0.15, -0.1) is 11.8 Å². The van der Waals surface area contributed by atoms with Crippen molar-refractivity contribution in [2.45, 2.75) is 49.6 Å². The van der Waals surface area contributed by atoms with E-state index in [2.05, 4.69) is 0 Å². The summed E-state index contributed by atoms with van der Waals surface area (Å²) >= 11 is 1.63. The van der Waals surface area contributed by atoms with E-state index in [4.69, 9.17) is 5.73 Å². The number of nitrogens with zero attached hydrogens (tertiary/aromatic N) is 1. The number of aliphatic carboxylic acids is 1. The van der Waals surface area contributed by atoms with Gasteiger partial charge in [0.1, 0.15) is 6.04 Å². The highest BCUT2D eigenvalue weighted by Crippen LogP contribution is 2.46. The quantitative estimate of drug-likeness (QED) is 0.803. The number of amides is 1. The second-order valence-corrected chi connectivity index (χ2v) is 7.01. The molecule has 3 fully saturated rings. The Morgan fingerprint density at radius 3 is 2.47 bits per heavy atom. The van der Waals surface area contributed by atoms with Crippen LogP contribution in [0.4, 0.5) is 0 Å². The molecule has 3 aliphatic rings. The molecule has 5 nitrogen and oxygen atoms in total. The summed E-state index contributed by atoms with van der Waals surface area (Å²) in [6, 6.07) is -0.747. The Balaban J connectivity index is 1.80. The molecule has 106 valence electrons. The number of rotatable bonds is 3. The Labute approximate surface area is 116 Å². The minimum absolute atomic E-state index is 0.0145. The van der Waals surface area contributed by atoms with Gasteiger partial charge >= 0.3 is 5.97 Å². The van der Waals surface area contributed by atoms with Crippen LogP contribution in [-0.2, 0) is 9.59 Å². The number of carboxylic acids is 1. The summed E-state index contributed by atoms with van der Waals surface area (Å²) in [6.45, 7) is 0. The van der Waals surface area contributed by atoms with Crippen LogP contribution < -0.4 is 5.73 Å². The first-order valence-corrected chi connectivity index (χ1v) is 8.06. The Morgan fingerprint density at radius 2 is 1.95 bits per heavy atom. The second-order valence-electron chi connectivity index (χ2n) is 5.86. The maximum absolute atomic E-state index is 12.7. The minimum atomic E-state index is -0.879. The zero-order chi connectivity index (χ0) is 13.6. The van der Waals surface area contributed by atoms with Crippen LogP contribution in [0.25, 0.3) is 0 Å². The standard InChI is InChI=1S/C13H20N2O3S/c14-9-3-1-2-8(9)11(16)15-10(13(17)18)6-19-12(15)7-4-5-7/h7-10,12H,1-6,14H2,(H,17,18). The summed E-state index contributed by atoms with van der Waals surface area (Å²) in [4.78, 5) is 25.7. The molecule has 1 heterocycles. The molecule has 3 rings (SSSR count). The van der Waals surface area contributed by atoms with Crippen LogP contribution in [0.1, 0.15) is 32.1 Å². The van der Waals surface area contributed by atoms with Crippen molar-refractivity contribution in [1.82, 2.24) is 4.90 Å². The second kappa shape index (κ2) is 4.98. The lowest BCUT2D eigenvalue weighted by molar-refractivity contribution is -0.151. The molecule has 0 radical (unpaired) electrons. The predicted molar refractivity (Wildman–Crippen MR) is 72.6 cm³/mol. The SMILES string of the molecule is NC1CCCC1C(=O)N1C(C(=O)O)CSC1C1CC1. The van der Waals surface area contributed by atoms with Crippen LogP contribution in [-0.4, -0.2) is 45.1 Å². The molecule has 2 aliphatic carbocycles. The van der Waals surface area contributed by atoms with Crippen LogP contribution in [0.5, 0.6) is 0 Å². The maximum atomic E-state index is 12.7. The van der Waals surface area contributed by atoms with Gasteiger partial charge in [0.05, 0.1) is 11.3 Å². The van der Waals surface area contributed by atoms with Gasteiger partial charge in [-0.05, 0) is 31.6 Å². The van der Waals surface area contributed by atoms with Gasteiger partial charge < -0.3 is 15.7 Å². The normalized spacial score (nSPS) is 38.7. The van der Waals surface area contributed by atoms with Gasteiger partial charge in [0.25, 0.3) is 0 Å². The van der Waals surface area contributed by atoms with Crippen LogP contribution in [0.2, 0.25) is 0 Å². The fourth-order valence-corrected chi connectivity index (χ4v) is 4.87. The van der Waals surface area contributed by atoms with E-state index in [0.29, 0.717) is 11.7 Å². The van der Waals surface area contributed by atoms with Crippen molar-refractivity contribution in [3.8, 4) is 0 Å². The van der Waals surface area contributed by atoms with E-state index in [1.54, 1.807) is 16.7 Å². The molecule has 1 saturated heterocycles. The number of thioether (sulfide) groups is 1. The third-order valence-corrected chi connectivity index (χ3v) is 5.95. The minimum Gasteiger partial charge on any atom is -0.480 e. The van der Waals surface area contributed by atoms with Gasteiger partial charge in [-0.2, -0.15) is 0 Å². The van der Waals surface area contributed by atoms with Gasteiger partial charge in [0.2, 0.25) is 5.91 Å².